The van der Waals surface area contributed by atoms with Crippen molar-refractivity contribution in [3.8, 4) is 12.3 Å². The normalized spacial score (nSPS) is 10.4. The molecule has 2 heterocycles. The Morgan fingerprint density at radius 2 is 2.35 bits per heavy atom. The highest BCUT2D eigenvalue weighted by atomic mass is 32.2. The largest absolute Gasteiger partial charge is 0.424 e. The smallest absolute Gasteiger partial charge is 0.372 e. The molecular formula is C10H7N3O3S. The van der Waals surface area contributed by atoms with Gasteiger partial charge in [0.15, 0.2) is 10.8 Å². The van der Waals surface area contributed by atoms with Crippen LogP contribution in [0.1, 0.15) is 0 Å². The van der Waals surface area contributed by atoms with E-state index in [2.05, 4.69) is 20.3 Å². The number of terminal acetylenes is 1. The molecular weight excluding hydrogens is 242 g/mol. The van der Waals surface area contributed by atoms with Crippen LogP contribution in [0.4, 0.5) is 0 Å². The van der Waals surface area contributed by atoms with E-state index >= 15 is 0 Å². The van der Waals surface area contributed by atoms with E-state index in [-0.39, 0.29) is 17.6 Å². The summed E-state index contributed by atoms with van der Waals surface area (Å²) in [7, 11) is 0. The van der Waals surface area contributed by atoms with Crippen molar-refractivity contribution in [2.45, 2.75) is 11.7 Å². The molecule has 0 atom stereocenters. The van der Waals surface area contributed by atoms with E-state index in [1.54, 1.807) is 6.26 Å². The van der Waals surface area contributed by atoms with Crippen LogP contribution < -0.4 is 11.4 Å². The van der Waals surface area contributed by atoms with E-state index in [1.165, 1.54) is 18.0 Å². The number of fused-ring (bicyclic) bond motifs is 1. The Hall–Kier alpha value is -2.07. The van der Waals surface area contributed by atoms with Crippen LogP contribution in [0.5, 0.6) is 0 Å². The first-order valence-corrected chi connectivity index (χ1v) is 5.78. The van der Waals surface area contributed by atoms with Crippen molar-refractivity contribution in [2.24, 2.45) is 0 Å². The summed E-state index contributed by atoms with van der Waals surface area (Å²) in [5, 5.41) is 0.589. The van der Waals surface area contributed by atoms with Gasteiger partial charge in [-0.3, -0.25) is 0 Å². The summed E-state index contributed by atoms with van der Waals surface area (Å²) in [6.07, 6.45) is 8.26. The van der Waals surface area contributed by atoms with Crippen molar-refractivity contribution in [3.63, 3.8) is 0 Å². The van der Waals surface area contributed by atoms with Gasteiger partial charge in [-0.15, -0.1) is 6.42 Å². The Labute approximate surface area is 99.7 Å². The van der Waals surface area contributed by atoms with Gasteiger partial charge in [0.25, 0.3) is 0 Å². The van der Waals surface area contributed by atoms with E-state index < -0.39 is 11.4 Å². The van der Waals surface area contributed by atoms with Crippen molar-refractivity contribution >= 4 is 22.8 Å². The molecule has 0 radical (unpaired) electrons. The van der Waals surface area contributed by atoms with Gasteiger partial charge in [-0.05, 0) is 6.26 Å². The van der Waals surface area contributed by atoms with E-state index in [0.29, 0.717) is 5.16 Å². The second-order valence-corrected chi connectivity index (χ2v) is 3.81. The topological polar surface area (TPSA) is 78.0 Å². The van der Waals surface area contributed by atoms with Crippen molar-refractivity contribution in [1.82, 2.24) is 14.5 Å². The SMILES string of the molecule is C#CCn1c(=O)oc(=O)c2cnc(SC)nc21. The standard InChI is InChI=1S/C10H7N3O3S/c1-3-4-13-7-6(8(14)16-10(13)15)5-11-9(12-7)17-2/h1,5H,4H2,2H3. The van der Waals surface area contributed by atoms with Gasteiger partial charge >= 0.3 is 11.4 Å². The van der Waals surface area contributed by atoms with Gasteiger partial charge in [0.2, 0.25) is 0 Å². The molecule has 86 valence electrons. The van der Waals surface area contributed by atoms with E-state index in [0.717, 1.165) is 4.57 Å². The number of rotatable bonds is 2. The maximum absolute atomic E-state index is 11.5. The van der Waals surface area contributed by atoms with E-state index in [9.17, 15) is 9.59 Å². The zero-order valence-electron chi connectivity index (χ0n) is 8.84. The fourth-order valence-electron chi connectivity index (χ4n) is 1.31. The fourth-order valence-corrected chi connectivity index (χ4v) is 1.65. The number of thioether (sulfide) groups is 1. The van der Waals surface area contributed by atoms with Crippen molar-refractivity contribution in [3.05, 3.63) is 27.2 Å². The van der Waals surface area contributed by atoms with Crippen molar-refractivity contribution < 1.29 is 4.42 Å². The summed E-state index contributed by atoms with van der Waals surface area (Å²) in [5.41, 5.74) is -0.561. The molecule has 0 N–H and O–H groups in total. The van der Waals surface area contributed by atoms with Crippen LogP contribution in [0.3, 0.4) is 0 Å². The molecule has 0 saturated heterocycles. The average Bonchev–Trinajstić information content (AvgIpc) is 2.33. The summed E-state index contributed by atoms with van der Waals surface area (Å²) in [5.74, 6) is 1.49. The zero-order valence-corrected chi connectivity index (χ0v) is 9.65. The molecule has 0 fully saturated rings. The predicted molar refractivity (Wildman–Crippen MR) is 62.9 cm³/mol. The number of nitrogens with zero attached hydrogens (tertiary/aromatic N) is 3. The van der Waals surface area contributed by atoms with Crippen LogP contribution in [0.2, 0.25) is 0 Å². The molecule has 0 amide bonds. The van der Waals surface area contributed by atoms with Gasteiger partial charge in [0, 0.05) is 6.20 Å². The van der Waals surface area contributed by atoms with Crippen LogP contribution in [0.25, 0.3) is 11.0 Å². The minimum atomic E-state index is -0.814. The lowest BCUT2D eigenvalue weighted by molar-refractivity contribution is 0.425. The highest BCUT2D eigenvalue weighted by Gasteiger charge is 2.11. The summed E-state index contributed by atoms with van der Waals surface area (Å²) in [6.45, 7) is -0.00997. The molecule has 0 aliphatic rings. The number of hydrogen-bond donors (Lipinski definition) is 0. The second-order valence-electron chi connectivity index (χ2n) is 3.04. The number of aromatic nitrogens is 3. The maximum Gasteiger partial charge on any atom is 0.424 e. The predicted octanol–water partition coefficient (Wildman–Crippen LogP) is 0.0998. The van der Waals surface area contributed by atoms with Gasteiger partial charge in [-0.1, -0.05) is 17.7 Å². The van der Waals surface area contributed by atoms with Gasteiger partial charge < -0.3 is 4.42 Å². The molecule has 0 spiro atoms. The molecule has 0 saturated carbocycles. The maximum atomic E-state index is 11.5. The third kappa shape index (κ3) is 1.94. The molecule has 0 aliphatic heterocycles. The molecule has 0 unspecified atom stereocenters. The lowest BCUT2D eigenvalue weighted by atomic mass is 10.4. The lowest BCUT2D eigenvalue weighted by Crippen LogP contribution is -2.25. The van der Waals surface area contributed by atoms with E-state index in [1.807, 2.05) is 0 Å². The monoisotopic (exact) mass is 249 g/mol. The first-order valence-electron chi connectivity index (χ1n) is 4.55. The van der Waals surface area contributed by atoms with Crippen LogP contribution in [0, 0.1) is 12.3 Å². The van der Waals surface area contributed by atoms with Crippen molar-refractivity contribution in [1.29, 1.82) is 0 Å². The molecule has 0 aliphatic carbocycles. The first kappa shape index (κ1) is 11.4. The Kier molecular flexibility index (Phi) is 2.97. The second kappa shape index (κ2) is 4.43. The van der Waals surface area contributed by atoms with Crippen LogP contribution >= 0.6 is 11.8 Å². The molecule has 2 aromatic rings. The summed E-state index contributed by atoms with van der Waals surface area (Å²) < 4.78 is 5.64. The molecule has 6 nitrogen and oxygen atoms in total. The Morgan fingerprint density at radius 3 is 3.00 bits per heavy atom. The highest BCUT2D eigenvalue weighted by molar-refractivity contribution is 7.98. The van der Waals surface area contributed by atoms with Gasteiger partial charge in [-0.25, -0.2) is 24.1 Å². The van der Waals surface area contributed by atoms with Crippen LogP contribution in [0.15, 0.2) is 25.4 Å². The molecule has 2 aromatic heterocycles. The quantitative estimate of drug-likeness (QED) is 0.427. The summed E-state index contributed by atoms with van der Waals surface area (Å²) in [6, 6.07) is 0. The van der Waals surface area contributed by atoms with Gasteiger partial charge in [-0.2, -0.15) is 0 Å². The van der Waals surface area contributed by atoms with Crippen LogP contribution in [-0.4, -0.2) is 20.8 Å². The molecule has 2 rings (SSSR count). The van der Waals surface area contributed by atoms with Crippen molar-refractivity contribution in [2.75, 3.05) is 6.26 Å². The van der Waals surface area contributed by atoms with Gasteiger partial charge in [0.1, 0.15) is 5.39 Å². The summed E-state index contributed by atoms with van der Waals surface area (Å²) >= 11 is 1.30. The summed E-state index contributed by atoms with van der Waals surface area (Å²) in [4.78, 5) is 30.9. The fraction of sp³-hybridized carbons (Fsp3) is 0.200. The third-order valence-electron chi connectivity index (χ3n) is 2.05. The Bertz CT molecular complexity index is 726. The van der Waals surface area contributed by atoms with E-state index in [4.69, 9.17) is 6.42 Å². The molecule has 7 heteroatoms. The Balaban J connectivity index is 2.92. The highest BCUT2D eigenvalue weighted by Crippen LogP contribution is 2.11. The third-order valence-corrected chi connectivity index (χ3v) is 2.62. The zero-order chi connectivity index (χ0) is 12.4. The minimum Gasteiger partial charge on any atom is -0.372 e. The number of hydrogen-bond acceptors (Lipinski definition) is 6. The molecule has 0 aromatic carbocycles. The lowest BCUT2D eigenvalue weighted by Gasteiger charge is -2.04. The average molecular weight is 249 g/mol. The van der Waals surface area contributed by atoms with Crippen LogP contribution in [-0.2, 0) is 6.54 Å². The molecule has 0 bridgehead atoms. The first-order chi connectivity index (χ1) is 8.17. The Morgan fingerprint density at radius 1 is 1.59 bits per heavy atom. The van der Waals surface area contributed by atoms with Gasteiger partial charge in [0.05, 0.1) is 6.54 Å². The molecule has 17 heavy (non-hydrogen) atoms. The minimum absolute atomic E-state index is 0.00997.